The Morgan fingerprint density at radius 1 is 1.28 bits per heavy atom. The van der Waals surface area contributed by atoms with E-state index in [-0.39, 0.29) is 12.3 Å². The molecule has 1 aliphatic rings. The molecule has 1 saturated heterocycles. The number of ether oxygens (including phenoxy) is 1. The van der Waals surface area contributed by atoms with Gasteiger partial charge >= 0.3 is 7.60 Å². The highest BCUT2D eigenvalue weighted by Crippen LogP contribution is 2.53. The average molecular weight is 531 g/mol. The number of allylic oxidation sites excluding steroid dienone is 3. The van der Waals surface area contributed by atoms with Crippen LogP contribution in [0.1, 0.15) is 60.9 Å². The first-order valence-corrected chi connectivity index (χ1v) is 14.3. The van der Waals surface area contributed by atoms with Gasteiger partial charge in [0.15, 0.2) is 6.35 Å². The molecule has 2 aromatic rings. The zero-order chi connectivity index (χ0) is 26.5. The standard InChI is InChI=1S/C29H36ClO5P/c1-7-8-24(30)13-22(6)29-11-12-34-36(32,35-29)18-33-25-14-20(4)27(21(5)15-25)17-23-9-10-28(31)26(16-23)19(2)3/h7-10,13-16,19,29,31H,6,11-12,17-18H2,1-5H3/b8-7-,24-13+/t29-,36?/m0/s1. The molecule has 0 aromatic heterocycles. The fourth-order valence-electron chi connectivity index (χ4n) is 4.22. The predicted molar refractivity (Wildman–Crippen MR) is 147 cm³/mol. The number of aryl methyl sites for hydroxylation is 2. The van der Waals surface area contributed by atoms with Gasteiger partial charge in [0.2, 0.25) is 0 Å². The van der Waals surface area contributed by atoms with Gasteiger partial charge in [-0.2, -0.15) is 0 Å². The Hall–Kier alpha value is -2.30. The molecule has 2 atom stereocenters. The smallest absolute Gasteiger partial charge is 0.368 e. The van der Waals surface area contributed by atoms with Crippen molar-refractivity contribution >= 4 is 19.2 Å². The highest BCUT2D eigenvalue weighted by Gasteiger charge is 2.35. The third-order valence-corrected chi connectivity index (χ3v) is 8.00. The zero-order valence-electron chi connectivity index (χ0n) is 21.7. The molecule has 2 aromatic carbocycles. The maximum absolute atomic E-state index is 13.2. The number of hydrogen-bond acceptors (Lipinski definition) is 5. The Morgan fingerprint density at radius 2 is 1.97 bits per heavy atom. The van der Waals surface area contributed by atoms with Crippen molar-refractivity contribution in [2.75, 3.05) is 13.0 Å². The molecule has 0 saturated carbocycles. The highest BCUT2D eigenvalue weighted by atomic mass is 35.5. The number of halogens is 1. The summed E-state index contributed by atoms with van der Waals surface area (Å²) in [6.07, 6.45) is 5.97. The lowest BCUT2D eigenvalue weighted by molar-refractivity contribution is 0.0933. The maximum atomic E-state index is 13.2. The van der Waals surface area contributed by atoms with Crippen molar-refractivity contribution in [3.8, 4) is 11.5 Å². The van der Waals surface area contributed by atoms with Gasteiger partial charge in [0.05, 0.1) is 12.7 Å². The Kier molecular flexibility index (Phi) is 9.66. The van der Waals surface area contributed by atoms with E-state index in [0.717, 1.165) is 28.7 Å². The van der Waals surface area contributed by atoms with Gasteiger partial charge in [0.25, 0.3) is 0 Å². The van der Waals surface area contributed by atoms with Crippen LogP contribution in [0.2, 0.25) is 0 Å². The molecule has 0 radical (unpaired) electrons. The molecule has 0 amide bonds. The van der Waals surface area contributed by atoms with Gasteiger partial charge in [-0.1, -0.05) is 50.2 Å². The van der Waals surface area contributed by atoms with Crippen molar-refractivity contribution < 1.29 is 23.5 Å². The topological polar surface area (TPSA) is 65.0 Å². The van der Waals surface area contributed by atoms with Crippen molar-refractivity contribution in [3.05, 3.63) is 93.6 Å². The van der Waals surface area contributed by atoms with Crippen molar-refractivity contribution in [2.24, 2.45) is 0 Å². The van der Waals surface area contributed by atoms with Gasteiger partial charge in [-0.3, -0.25) is 9.09 Å². The predicted octanol–water partition coefficient (Wildman–Crippen LogP) is 8.31. The monoisotopic (exact) mass is 530 g/mol. The summed E-state index contributed by atoms with van der Waals surface area (Å²) in [4.78, 5) is 0. The second-order valence-corrected chi connectivity index (χ2v) is 11.9. The minimum Gasteiger partial charge on any atom is -0.508 e. The molecular formula is C29H36ClO5P. The second-order valence-electron chi connectivity index (χ2n) is 9.46. The number of phenolic OH excluding ortho intramolecular Hbond substituents is 1. The van der Waals surface area contributed by atoms with Crippen molar-refractivity contribution in [2.45, 2.75) is 59.5 Å². The van der Waals surface area contributed by atoms with E-state index in [2.05, 4.69) is 26.5 Å². The van der Waals surface area contributed by atoms with Gasteiger partial charge in [-0.15, -0.1) is 0 Å². The summed E-state index contributed by atoms with van der Waals surface area (Å²) in [7, 11) is -3.46. The Bertz CT molecular complexity index is 1190. The van der Waals surface area contributed by atoms with Crippen molar-refractivity contribution in [3.63, 3.8) is 0 Å². The van der Waals surface area contributed by atoms with Crippen LogP contribution in [0.15, 0.2) is 65.7 Å². The lowest BCUT2D eigenvalue weighted by atomic mass is 9.93. The molecule has 1 fully saturated rings. The Morgan fingerprint density at radius 3 is 2.61 bits per heavy atom. The molecule has 1 heterocycles. The molecule has 194 valence electrons. The number of rotatable bonds is 9. The zero-order valence-corrected chi connectivity index (χ0v) is 23.4. The van der Waals surface area contributed by atoms with Crippen LogP contribution in [-0.4, -0.2) is 24.2 Å². The van der Waals surface area contributed by atoms with E-state index in [4.69, 9.17) is 25.4 Å². The summed E-state index contributed by atoms with van der Waals surface area (Å²) in [5.41, 5.74) is 6.07. The summed E-state index contributed by atoms with van der Waals surface area (Å²) in [5.74, 6) is 1.19. The van der Waals surface area contributed by atoms with Crippen LogP contribution in [0, 0.1) is 13.8 Å². The fraction of sp³-hybridized carbons (Fsp3) is 0.379. The van der Waals surface area contributed by atoms with Gasteiger partial charge < -0.3 is 14.4 Å². The summed E-state index contributed by atoms with van der Waals surface area (Å²) in [6, 6.07) is 9.67. The quantitative estimate of drug-likeness (QED) is 0.261. The number of phenols is 1. The van der Waals surface area contributed by atoms with Gasteiger partial charge in [-0.25, -0.2) is 0 Å². The third kappa shape index (κ3) is 7.36. The molecule has 1 unspecified atom stereocenters. The van der Waals surface area contributed by atoms with Crippen molar-refractivity contribution in [1.29, 1.82) is 0 Å². The van der Waals surface area contributed by atoms with Gasteiger partial charge in [0.1, 0.15) is 11.5 Å². The van der Waals surface area contributed by atoms with E-state index in [9.17, 15) is 9.67 Å². The fourth-order valence-corrected chi connectivity index (χ4v) is 6.01. The molecule has 5 nitrogen and oxygen atoms in total. The van der Waals surface area contributed by atoms with E-state index in [1.165, 1.54) is 5.56 Å². The lowest BCUT2D eigenvalue weighted by Crippen LogP contribution is -2.23. The molecule has 0 bridgehead atoms. The summed E-state index contributed by atoms with van der Waals surface area (Å²) in [5, 5.41) is 10.7. The normalized spacial score (nSPS) is 20.8. The third-order valence-electron chi connectivity index (χ3n) is 6.17. The van der Waals surface area contributed by atoms with E-state index in [0.29, 0.717) is 35.1 Å². The number of benzene rings is 2. The SMILES string of the molecule is C=C(/C=C(Cl)\C=C/C)[C@@H]1CCOP(=O)(COc2cc(C)c(Cc3ccc(O)c(C(C)C)c3)c(C)c2)O1. The van der Waals surface area contributed by atoms with Crippen LogP contribution in [0.3, 0.4) is 0 Å². The summed E-state index contributed by atoms with van der Waals surface area (Å²) >= 11 is 6.15. The molecule has 3 rings (SSSR count). The molecule has 7 heteroatoms. The molecule has 0 spiro atoms. The number of hydrogen-bond donors (Lipinski definition) is 1. The van der Waals surface area contributed by atoms with Crippen LogP contribution in [-0.2, 0) is 20.0 Å². The molecule has 1 N–H and O–H groups in total. The van der Waals surface area contributed by atoms with Crippen LogP contribution in [0.5, 0.6) is 11.5 Å². The maximum Gasteiger partial charge on any atom is 0.368 e. The molecular weight excluding hydrogens is 495 g/mol. The first kappa shape index (κ1) is 28.3. The highest BCUT2D eigenvalue weighted by molar-refractivity contribution is 7.53. The largest absolute Gasteiger partial charge is 0.508 e. The van der Waals surface area contributed by atoms with Gasteiger partial charge in [-0.05, 0) is 96.9 Å². The van der Waals surface area contributed by atoms with E-state index in [1.54, 1.807) is 18.2 Å². The first-order valence-electron chi connectivity index (χ1n) is 12.2. The van der Waals surface area contributed by atoms with Crippen LogP contribution >= 0.6 is 19.2 Å². The average Bonchev–Trinajstić information content (AvgIpc) is 2.81. The minimum atomic E-state index is -3.46. The van der Waals surface area contributed by atoms with E-state index in [1.807, 2.05) is 45.0 Å². The summed E-state index contributed by atoms with van der Waals surface area (Å²) in [6.45, 7) is 14.4. The lowest BCUT2D eigenvalue weighted by Gasteiger charge is -2.30. The van der Waals surface area contributed by atoms with E-state index < -0.39 is 13.7 Å². The molecule has 36 heavy (non-hydrogen) atoms. The van der Waals surface area contributed by atoms with Crippen LogP contribution < -0.4 is 4.74 Å². The Balaban J connectivity index is 1.69. The number of aromatic hydroxyl groups is 1. The molecule has 1 aliphatic heterocycles. The Labute approximate surface area is 220 Å². The van der Waals surface area contributed by atoms with E-state index >= 15 is 0 Å². The van der Waals surface area contributed by atoms with Crippen LogP contribution in [0.25, 0.3) is 0 Å². The summed E-state index contributed by atoms with van der Waals surface area (Å²) < 4.78 is 30.4. The van der Waals surface area contributed by atoms with Crippen LogP contribution in [0.4, 0.5) is 0 Å². The van der Waals surface area contributed by atoms with Crippen molar-refractivity contribution in [1.82, 2.24) is 0 Å². The first-order chi connectivity index (χ1) is 17.0. The minimum absolute atomic E-state index is 0.184. The van der Waals surface area contributed by atoms with Gasteiger partial charge in [0, 0.05) is 11.5 Å². The second kappa shape index (κ2) is 12.3. The molecule has 0 aliphatic carbocycles.